The number of ether oxygens (including phenoxy) is 1. The fourth-order valence-corrected chi connectivity index (χ4v) is 2.06. The van der Waals surface area contributed by atoms with Crippen molar-refractivity contribution in [3.8, 4) is 17.2 Å². The van der Waals surface area contributed by atoms with Gasteiger partial charge >= 0.3 is 5.97 Å². The first kappa shape index (κ1) is 13.2. The standard InChI is InChI=1S/C16H13NO4/c1-10-6-7-14-12(8-10)17-16(21-14)11-4-2-3-5-13(11)20-9-15(18)19/h2-8H,9H2,1H3,(H,18,19). The van der Waals surface area contributed by atoms with Crippen LogP contribution in [0.1, 0.15) is 5.56 Å². The number of aryl methyl sites for hydroxylation is 1. The van der Waals surface area contributed by atoms with Gasteiger partial charge in [0.25, 0.3) is 0 Å². The van der Waals surface area contributed by atoms with Gasteiger partial charge in [0.05, 0.1) is 5.56 Å². The molecule has 1 heterocycles. The fourth-order valence-electron chi connectivity index (χ4n) is 2.06. The van der Waals surface area contributed by atoms with E-state index in [-0.39, 0.29) is 0 Å². The first-order valence-electron chi connectivity index (χ1n) is 6.44. The smallest absolute Gasteiger partial charge is 0.341 e. The number of rotatable bonds is 4. The molecule has 0 saturated carbocycles. The molecular formula is C16H13NO4. The number of aliphatic carboxylic acids is 1. The Kier molecular flexibility index (Phi) is 3.31. The highest BCUT2D eigenvalue weighted by molar-refractivity contribution is 5.78. The molecule has 3 aromatic rings. The van der Waals surface area contributed by atoms with E-state index >= 15 is 0 Å². The Morgan fingerprint density at radius 1 is 1.29 bits per heavy atom. The van der Waals surface area contributed by atoms with Gasteiger partial charge in [0.2, 0.25) is 5.89 Å². The first-order valence-corrected chi connectivity index (χ1v) is 6.44. The van der Waals surface area contributed by atoms with E-state index < -0.39 is 12.6 Å². The SMILES string of the molecule is Cc1ccc2oc(-c3ccccc3OCC(=O)O)nc2c1. The van der Waals surface area contributed by atoms with Gasteiger partial charge in [-0.15, -0.1) is 0 Å². The summed E-state index contributed by atoms with van der Waals surface area (Å²) in [6, 6.07) is 12.8. The lowest BCUT2D eigenvalue weighted by atomic mass is 10.2. The Balaban J connectivity index is 2.03. The summed E-state index contributed by atoms with van der Waals surface area (Å²) in [5.41, 5.74) is 3.17. The van der Waals surface area contributed by atoms with E-state index in [9.17, 15) is 4.79 Å². The zero-order valence-electron chi connectivity index (χ0n) is 11.4. The van der Waals surface area contributed by atoms with Crippen molar-refractivity contribution in [2.45, 2.75) is 6.92 Å². The molecule has 0 saturated heterocycles. The van der Waals surface area contributed by atoms with E-state index in [4.69, 9.17) is 14.3 Å². The van der Waals surface area contributed by atoms with E-state index in [1.54, 1.807) is 18.2 Å². The quantitative estimate of drug-likeness (QED) is 0.795. The highest BCUT2D eigenvalue weighted by Gasteiger charge is 2.13. The zero-order chi connectivity index (χ0) is 14.8. The van der Waals surface area contributed by atoms with E-state index in [2.05, 4.69) is 4.98 Å². The summed E-state index contributed by atoms with van der Waals surface area (Å²) < 4.78 is 11.0. The molecule has 2 aromatic carbocycles. The molecule has 0 spiro atoms. The van der Waals surface area contributed by atoms with Gasteiger partial charge in [-0.3, -0.25) is 0 Å². The van der Waals surface area contributed by atoms with Crippen molar-refractivity contribution in [2.24, 2.45) is 0 Å². The van der Waals surface area contributed by atoms with Crippen molar-refractivity contribution in [2.75, 3.05) is 6.61 Å². The molecular weight excluding hydrogens is 270 g/mol. The number of carbonyl (C=O) groups is 1. The Hall–Kier alpha value is -2.82. The third-order valence-electron chi connectivity index (χ3n) is 3.01. The molecule has 0 unspecified atom stereocenters. The number of benzene rings is 2. The minimum absolute atomic E-state index is 0.406. The molecule has 0 fully saturated rings. The molecule has 5 nitrogen and oxygen atoms in total. The van der Waals surface area contributed by atoms with E-state index in [1.165, 1.54) is 0 Å². The van der Waals surface area contributed by atoms with Crippen LogP contribution in [0.2, 0.25) is 0 Å². The minimum atomic E-state index is -1.03. The monoisotopic (exact) mass is 283 g/mol. The van der Waals surface area contributed by atoms with Crippen molar-refractivity contribution in [3.63, 3.8) is 0 Å². The molecule has 0 amide bonds. The second-order valence-electron chi connectivity index (χ2n) is 4.67. The molecule has 0 aliphatic heterocycles. The van der Waals surface area contributed by atoms with Crippen molar-refractivity contribution in [3.05, 3.63) is 48.0 Å². The number of para-hydroxylation sites is 1. The topological polar surface area (TPSA) is 72.6 Å². The second kappa shape index (κ2) is 5.28. The van der Waals surface area contributed by atoms with Crippen LogP contribution in [0.4, 0.5) is 0 Å². The van der Waals surface area contributed by atoms with Crippen LogP contribution in [0.25, 0.3) is 22.6 Å². The number of hydrogen-bond donors (Lipinski definition) is 1. The third kappa shape index (κ3) is 2.72. The van der Waals surface area contributed by atoms with Crippen LogP contribution in [0.3, 0.4) is 0 Å². The third-order valence-corrected chi connectivity index (χ3v) is 3.01. The van der Waals surface area contributed by atoms with Crippen molar-refractivity contribution >= 4 is 17.1 Å². The van der Waals surface area contributed by atoms with Crippen LogP contribution in [0.5, 0.6) is 5.75 Å². The highest BCUT2D eigenvalue weighted by atomic mass is 16.5. The van der Waals surface area contributed by atoms with Gasteiger partial charge in [0.15, 0.2) is 12.2 Å². The second-order valence-corrected chi connectivity index (χ2v) is 4.67. The van der Waals surface area contributed by atoms with Gasteiger partial charge in [0.1, 0.15) is 11.3 Å². The van der Waals surface area contributed by atoms with Gasteiger partial charge < -0.3 is 14.3 Å². The van der Waals surface area contributed by atoms with Crippen molar-refractivity contribution < 1.29 is 19.1 Å². The van der Waals surface area contributed by atoms with Gasteiger partial charge in [-0.2, -0.15) is 0 Å². The molecule has 0 aliphatic rings. The van der Waals surface area contributed by atoms with Crippen LogP contribution < -0.4 is 4.74 Å². The Morgan fingerprint density at radius 3 is 2.90 bits per heavy atom. The highest BCUT2D eigenvalue weighted by Crippen LogP contribution is 2.31. The van der Waals surface area contributed by atoms with E-state index in [0.717, 1.165) is 11.1 Å². The normalized spacial score (nSPS) is 10.7. The molecule has 5 heteroatoms. The number of nitrogens with zero attached hydrogens (tertiary/aromatic N) is 1. The maximum atomic E-state index is 10.6. The van der Waals surface area contributed by atoms with Gasteiger partial charge in [0, 0.05) is 0 Å². The Morgan fingerprint density at radius 2 is 2.10 bits per heavy atom. The molecule has 1 N–H and O–H groups in total. The lowest BCUT2D eigenvalue weighted by molar-refractivity contribution is -0.139. The van der Waals surface area contributed by atoms with Gasteiger partial charge in [-0.25, -0.2) is 9.78 Å². The number of carboxylic acids is 1. The summed E-state index contributed by atoms with van der Waals surface area (Å²) in [6.45, 7) is 1.58. The molecule has 0 aliphatic carbocycles. The molecule has 106 valence electrons. The molecule has 0 bridgehead atoms. The van der Waals surface area contributed by atoms with Crippen LogP contribution >= 0.6 is 0 Å². The molecule has 3 rings (SSSR count). The largest absolute Gasteiger partial charge is 0.481 e. The maximum absolute atomic E-state index is 10.6. The number of carboxylic acid groups (broad SMARTS) is 1. The van der Waals surface area contributed by atoms with Crippen LogP contribution in [0, 0.1) is 6.92 Å². The number of oxazole rings is 1. The van der Waals surface area contributed by atoms with Crippen LogP contribution in [-0.2, 0) is 4.79 Å². The molecule has 0 atom stereocenters. The summed E-state index contributed by atoms with van der Waals surface area (Å²) in [4.78, 5) is 15.1. The van der Waals surface area contributed by atoms with Gasteiger partial charge in [-0.05, 0) is 36.8 Å². The number of fused-ring (bicyclic) bond motifs is 1. The van der Waals surface area contributed by atoms with E-state index in [1.807, 2.05) is 31.2 Å². The first-order chi connectivity index (χ1) is 10.1. The number of aromatic nitrogens is 1. The Labute approximate surface area is 120 Å². The average molecular weight is 283 g/mol. The lowest BCUT2D eigenvalue weighted by Crippen LogP contribution is -2.09. The Bertz CT molecular complexity index is 807. The predicted octanol–water partition coefficient (Wildman–Crippen LogP) is 3.27. The fraction of sp³-hybridized carbons (Fsp3) is 0.125. The van der Waals surface area contributed by atoms with E-state index in [0.29, 0.717) is 22.8 Å². The summed E-state index contributed by atoms with van der Waals surface area (Å²) >= 11 is 0. The summed E-state index contributed by atoms with van der Waals surface area (Å²) in [5.74, 6) is -0.183. The van der Waals surface area contributed by atoms with Gasteiger partial charge in [-0.1, -0.05) is 18.2 Å². The summed E-state index contributed by atoms with van der Waals surface area (Å²) in [6.07, 6.45) is 0. The maximum Gasteiger partial charge on any atom is 0.341 e. The zero-order valence-corrected chi connectivity index (χ0v) is 11.4. The van der Waals surface area contributed by atoms with Crippen LogP contribution in [-0.4, -0.2) is 22.7 Å². The summed E-state index contributed by atoms with van der Waals surface area (Å²) in [5, 5.41) is 8.72. The summed E-state index contributed by atoms with van der Waals surface area (Å²) in [7, 11) is 0. The molecule has 0 radical (unpaired) electrons. The molecule has 21 heavy (non-hydrogen) atoms. The predicted molar refractivity (Wildman–Crippen MR) is 77.3 cm³/mol. The average Bonchev–Trinajstić information content (AvgIpc) is 2.88. The molecule has 1 aromatic heterocycles. The number of hydrogen-bond acceptors (Lipinski definition) is 4. The minimum Gasteiger partial charge on any atom is -0.481 e. The van der Waals surface area contributed by atoms with Crippen molar-refractivity contribution in [1.29, 1.82) is 0 Å². The van der Waals surface area contributed by atoms with Crippen molar-refractivity contribution in [1.82, 2.24) is 4.98 Å². The van der Waals surface area contributed by atoms with Crippen LogP contribution in [0.15, 0.2) is 46.9 Å². The lowest BCUT2D eigenvalue weighted by Gasteiger charge is -2.06.